The summed E-state index contributed by atoms with van der Waals surface area (Å²) < 4.78 is 27.0. The monoisotopic (exact) mass is 864 g/mol. The number of aromatic nitrogens is 4. The molecule has 7 atom stereocenters. The van der Waals surface area contributed by atoms with Gasteiger partial charge in [0.25, 0.3) is 0 Å². The molecule has 17 heteroatoms. The third-order valence-corrected chi connectivity index (χ3v) is 12.9. The maximum absolute atomic E-state index is 14.0. The molecule has 63 heavy (non-hydrogen) atoms. The van der Waals surface area contributed by atoms with Gasteiger partial charge in [0.05, 0.1) is 61.9 Å². The molecule has 334 valence electrons. The summed E-state index contributed by atoms with van der Waals surface area (Å²) in [5, 5.41) is 7.35. The highest BCUT2D eigenvalue weighted by Crippen LogP contribution is 2.44. The number of hydrogen-bond acceptors (Lipinski definition) is 11. The van der Waals surface area contributed by atoms with Gasteiger partial charge in [0.15, 0.2) is 0 Å². The molecule has 2 aromatic heterocycles. The topological polar surface area (TPSA) is 202 Å². The van der Waals surface area contributed by atoms with Gasteiger partial charge in [-0.2, -0.15) is 0 Å². The highest BCUT2D eigenvalue weighted by atomic mass is 16.5. The van der Waals surface area contributed by atoms with Gasteiger partial charge in [0.2, 0.25) is 11.8 Å². The van der Waals surface area contributed by atoms with Gasteiger partial charge in [-0.15, -0.1) is 0 Å². The van der Waals surface area contributed by atoms with E-state index in [4.69, 9.17) is 33.7 Å². The Morgan fingerprint density at radius 3 is 2.35 bits per heavy atom. The van der Waals surface area contributed by atoms with Crippen molar-refractivity contribution in [2.75, 3.05) is 41.6 Å². The van der Waals surface area contributed by atoms with Crippen molar-refractivity contribution in [1.82, 2.24) is 40.4 Å². The summed E-state index contributed by atoms with van der Waals surface area (Å²) in [5.74, 6) is 1.57. The van der Waals surface area contributed by atoms with Gasteiger partial charge in [-0.25, -0.2) is 19.6 Å². The highest BCUT2D eigenvalue weighted by molar-refractivity contribution is 6.07. The highest BCUT2D eigenvalue weighted by Gasteiger charge is 2.43. The van der Waals surface area contributed by atoms with Crippen molar-refractivity contribution in [2.45, 2.75) is 89.9 Å². The van der Waals surface area contributed by atoms with Crippen molar-refractivity contribution in [3.05, 3.63) is 65.9 Å². The molecule has 1 unspecified atom stereocenters. The van der Waals surface area contributed by atoms with E-state index in [1.54, 1.807) is 25.1 Å². The Morgan fingerprint density at radius 1 is 0.873 bits per heavy atom. The van der Waals surface area contributed by atoms with Gasteiger partial charge in [-0.05, 0) is 85.4 Å². The fraction of sp³-hybridized carbons (Fsp3) is 0.478. The molecule has 4 N–H and O–H groups in total. The molecule has 3 aromatic carbocycles. The lowest BCUT2D eigenvalue weighted by atomic mass is 9.92. The molecule has 0 bridgehead atoms. The first-order chi connectivity index (χ1) is 30.3. The number of benzene rings is 3. The number of amides is 4. The Balaban J connectivity index is 1.05. The van der Waals surface area contributed by atoms with Gasteiger partial charge >= 0.3 is 12.2 Å². The molecule has 2 saturated heterocycles. The van der Waals surface area contributed by atoms with Gasteiger partial charge in [-0.1, -0.05) is 32.0 Å². The number of H-pyrrole nitrogens is 2. The van der Waals surface area contributed by atoms with Crippen molar-refractivity contribution >= 4 is 45.8 Å². The molecule has 0 aliphatic carbocycles. The minimum Gasteiger partial charge on any atom is -0.488 e. The molecule has 0 radical (unpaired) electrons. The zero-order valence-electron chi connectivity index (χ0n) is 36.9. The Hall–Kier alpha value is -6.20. The number of nitrogens with one attached hydrogen (secondary N) is 4. The molecule has 8 rings (SSSR count). The van der Waals surface area contributed by atoms with Gasteiger partial charge in [0, 0.05) is 43.7 Å². The van der Waals surface area contributed by atoms with Crippen LogP contribution in [0.25, 0.3) is 44.2 Å². The Morgan fingerprint density at radius 2 is 1.63 bits per heavy atom. The van der Waals surface area contributed by atoms with E-state index in [9.17, 15) is 19.2 Å². The van der Waals surface area contributed by atoms with Crippen LogP contribution in [0.4, 0.5) is 9.59 Å². The van der Waals surface area contributed by atoms with Crippen LogP contribution in [0.1, 0.15) is 76.3 Å². The van der Waals surface area contributed by atoms with Crippen molar-refractivity contribution < 1.29 is 42.9 Å². The average Bonchev–Trinajstić information content (AvgIpc) is 4.11. The van der Waals surface area contributed by atoms with Gasteiger partial charge < -0.3 is 54.1 Å². The van der Waals surface area contributed by atoms with Crippen LogP contribution in [0, 0.1) is 11.8 Å². The smallest absolute Gasteiger partial charge is 0.407 e. The number of carbonyl (C=O) groups excluding carboxylic acids is 4. The third-order valence-electron chi connectivity index (χ3n) is 12.9. The fourth-order valence-electron chi connectivity index (χ4n) is 9.44. The number of ether oxygens (including phenoxy) is 5. The maximum Gasteiger partial charge on any atom is 0.407 e. The SMILES string of the molecule is COC[C@H]1C[C@@H](c2ncc(-c3ccc4c(c3)COc3cc5c(ccc6nc([C@@H]7CC[C@H](C)N7C(=O)[C@@H](NC(=O)OC)C(C)C)[nH]c65)cc3-4)[nH]2)N(C(=O)C(NC(=O)OC)[C@@H](C)OC)C1. The second-order valence-electron chi connectivity index (χ2n) is 17.2. The number of alkyl carbamates (subject to hydrolysis) is 2. The Kier molecular flexibility index (Phi) is 12.3. The summed E-state index contributed by atoms with van der Waals surface area (Å²) in [6.45, 7) is 8.82. The minimum absolute atomic E-state index is 0.0341. The molecular formula is C46H56N8O9. The van der Waals surface area contributed by atoms with Crippen LogP contribution in [0.15, 0.2) is 48.7 Å². The summed E-state index contributed by atoms with van der Waals surface area (Å²) in [6, 6.07) is 12.1. The predicted octanol–water partition coefficient (Wildman–Crippen LogP) is 6.39. The van der Waals surface area contributed by atoms with Crippen LogP contribution < -0.4 is 15.4 Å². The van der Waals surface area contributed by atoms with Crippen LogP contribution in [-0.4, -0.2) is 120 Å². The second kappa shape index (κ2) is 17.9. The van der Waals surface area contributed by atoms with E-state index in [0.717, 1.165) is 68.3 Å². The molecule has 2 fully saturated rings. The standard InChI is InChI=1S/C46H56N8O9/c1-23(2)38(51-45(57)61-7)44(56)54-24(3)9-14-35(54)42-48-33-13-11-27-17-32-30-12-10-28(16-29(30)22-63-37(32)18-31(27)40(33)50-42)34-19-47-41(49-34)36-15-26(21-59-5)20-53(36)43(55)39(25(4)60-6)52-46(58)62-8/h10-13,16-19,23-26,35-36,38-39H,9,14-15,20-22H2,1-8H3,(H,47,49)(H,48,50)(H,51,57)(H,52,58)/t24-,25+,26-,35-,36-,38-,39?/m0/s1. The minimum atomic E-state index is -0.963. The molecular weight excluding hydrogens is 809 g/mol. The van der Waals surface area contributed by atoms with E-state index >= 15 is 0 Å². The predicted molar refractivity (Wildman–Crippen MR) is 234 cm³/mol. The summed E-state index contributed by atoms with van der Waals surface area (Å²) in [4.78, 5) is 72.8. The number of hydrogen-bond donors (Lipinski definition) is 4. The Bertz CT molecular complexity index is 2540. The summed E-state index contributed by atoms with van der Waals surface area (Å²) in [6.07, 6.45) is 1.99. The number of rotatable bonds is 12. The van der Waals surface area contributed by atoms with E-state index < -0.39 is 30.4 Å². The largest absolute Gasteiger partial charge is 0.488 e. The first kappa shape index (κ1) is 43.4. The van der Waals surface area contributed by atoms with E-state index in [1.165, 1.54) is 21.3 Å². The number of methoxy groups -OCH3 is 4. The zero-order chi connectivity index (χ0) is 44.7. The molecule has 0 spiro atoms. The zero-order valence-corrected chi connectivity index (χ0v) is 36.9. The number of aromatic amines is 2. The van der Waals surface area contributed by atoms with E-state index in [2.05, 4.69) is 57.0 Å². The number of likely N-dealkylation sites (tertiary alicyclic amines) is 2. The lowest BCUT2D eigenvalue weighted by Gasteiger charge is -2.32. The van der Waals surface area contributed by atoms with Gasteiger partial charge in [0.1, 0.15) is 36.1 Å². The molecule has 0 saturated carbocycles. The first-order valence-corrected chi connectivity index (χ1v) is 21.4. The number of carbonyl (C=O) groups is 4. The Labute approximate surface area is 365 Å². The quantitative estimate of drug-likeness (QED) is 0.108. The molecule has 17 nitrogen and oxygen atoms in total. The molecule has 5 heterocycles. The number of imidazole rings is 2. The second-order valence-corrected chi connectivity index (χ2v) is 17.2. The summed E-state index contributed by atoms with van der Waals surface area (Å²) >= 11 is 0. The van der Waals surface area contributed by atoms with Crippen molar-refractivity contribution in [1.29, 1.82) is 0 Å². The lowest BCUT2D eigenvalue weighted by molar-refractivity contribution is -0.138. The fourth-order valence-corrected chi connectivity index (χ4v) is 9.44. The van der Waals surface area contributed by atoms with Crippen LogP contribution in [-0.2, 0) is 35.1 Å². The average molecular weight is 865 g/mol. The molecule has 3 aliphatic heterocycles. The maximum atomic E-state index is 14.0. The summed E-state index contributed by atoms with van der Waals surface area (Å²) in [7, 11) is 5.68. The van der Waals surface area contributed by atoms with Crippen LogP contribution in [0.3, 0.4) is 0 Å². The van der Waals surface area contributed by atoms with Crippen LogP contribution in [0.5, 0.6) is 5.75 Å². The van der Waals surface area contributed by atoms with Crippen molar-refractivity contribution in [3.8, 4) is 28.1 Å². The van der Waals surface area contributed by atoms with Crippen LogP contribution >= 0.6 is 0 Å². The normalized spacial score (nSPS) is 20.8. The number of fused-ring (bicyclic) bond motifs is 6. The molecule has 5 aromatic rings. The molecule has 3 aliphatic rings. The van der Waals surface area contributed by atoms with Crippen LogP contribution in [0.2, 0.25) is 0 Å². The van der Waals surface area contributed by atoms with Crippen molar-refractivity contribution in [3.63, 3.8) is 0 Å². The lowest BCUT2D eigenvalue weighted by Crippen LogP contribution is -2.54. The van der Waals surface area contributed by atoms with E-state index in [1.807, 2.05) is 31.7 Å². The van der Waals surface area contributed by atoms with Crippen molar-refractivity contribution in [2.24, 2.45) is 11.8 Å². The molecule has 4 amide bonds. The summed E-state index contributed by atoms with van der Waals surface area (Å²) in [5.41, 5.74) is 6.43. The third kappa shape index (κ3) is 8.26. The van der Waals surface area contributed by atoms with E-state index in [-0.39, 0.29) is 41.8 Å². The first-order valence-electron chi connectivity index (χ1n) is 21.4. The van der Waals surface area contributed by atoms with Gasteiger partial charge in [-0.3, -0.25) is 9.59 Å². The number of nitrogens with zero attached hydrogens (tertiary/aromatic N) is 4. The van der Waals surface area contributed by atoms with E-state index in [0.29, 0.717) is 37.8 Å².